The van der Waals surface area contributed by atoms with E-state index < -0.39 is 8.32 Å². The summed E-state index contributed by atoms with van der Waals surface area (Å²) in [6, 6.07) is 24.5. The summed E-state index contributed by atoms with van der Waals surface area (Å²) in [5, 5.41) is 12.6. The molecule has 3 aliphatic rings. The summed E-state index contributed by atoms with van der Waals surface area (Å²) in [5.74, 6) is 0. The number of hydrogen-bond donors (Lipinski definition) is 0. The molecule has 0 unspecified atom stereocenters. The minimum Gasteiger partial charge on any atom is -0.404 e. The van der Waals surface area contributed by atoms with E-state index in [0.29, 0.717) is 18.6 Å². The summed E-state index contributed by atoms with van der Waals surface area (Å²) in [6.45, 7) is 10.5. The van der Waals surface area contributed by atoms with Crippen LogP contribution in [0.5, 0.6) is 0 Å². The molecule has 0 radical (unpaired) electrons. The van der Waals surface area contributed by atoms with Crippen molar-refractivity contribution in [1.29, 1.82) is 5.26 Å². The first kappa shape index (κ1) is 22.8. The van der Waals surface area contributed by atoms with Crippen LogP contribution in [0, 0.1) is 16.7 Å². The molecule has 1 spiro atoms. The van der Waals surface area contributed by atoms with E-state index in [1.54, 1.807) is 0 Å². The van der Waals surface area contributed by atoms with Crippen LogP contribution in [0.25, 0.3) is 0 Å². The van der Waals surface area contributed by atoms with Crippen molar-refractivity contribution in [3.05, 3.63) is 60.7 Å². The molecule has 0 amide bonds. The molecule has 5 rings (SSSR count). The Bertz CT molecular complexity index is 952. The van der Waals surface area contributed by atoms with Gasteiger partial charge >= 0.3 is 0 Å². The zero-order valence-electron chi connectivity index (χ0n) is 20.2. The number of hydrogen-bond acceptors (Lipinski definition) is 4. The van der Waals surface area contributed by atoms with Crippen molar-refractivity contribution in [3.63, 3.8) is 0 Å². The van der Waals surface area contributed by atoms with Crippen molar-refractivity contribution in [1.82, 2.24) is 4.90 Å². The van der Waals surface area contributed by atoms with Crippen molar-refractivity contribution in [3.8, 4) is 6.07 Å². The Hall–Kier alpha value is -1.97. The maximum absolute atomic E-state index is 9.92. The zero-order chi connectivity index (χ0) is 23.2. The van der Waals surface area contributed by atoms with E-state index in [1.807, 2.05) is 0 Å². The Morgan fingerprint density at radius 1 is 0.939 bits per heavy atom. The van der Waals surface area contributed by atoms with Crippen LogP contribution in [-0.4, -0.2) is 51.2 Å². The molecule has 0 bridgehead atoms. The fraction of sp³-hybridized carbons (Fsp3) is 0.536. The van der Waals surface area contributed by atoms with Gasteiger partial charge in [0.25, 0.3) is 8.32 Å². The minimum atomic E-state index is -2.49. The van der Waals surface area contributed by atoms with Gasteiger partial charge in [0.05, 0.1) is 6.07 Å². The molecule has 0 atom stereocenters. The molecule has 33 heavy (non-hydrogen) atoms. The summed E-state index contributed by atoms with van der Waals surface area (Å²) in [7, 11) is -2.49. The molecule has 0 aromatic heterocycles. The lowest BCUT2D eigenvalue weighted by molar-refractivity contribution is -0.162. The molecular weight excluding hydrogens is 424 g/mol. The predicted octanol–water partition coefficient (Wildman–Crippen LogP) is 4.10. The number of ether oxygens (including phenoxy) is 1. The largest absolute Gasteiger partial charge is 0.404 e. The third kappa shape index (κ3) is 3.78. The van der Waals surface area contributed by atoms with Gasteiger partial charge in [-0.2, -0.15) is 5.26 Å². The molecule has 4 nitrogen and oxygen atoms in total. The van der Waals surface area contributed by atoms with Gasteiger partial charge in [-0.05, 0) is 28.3 Å². The highest BCUT2D eigenvalue weighted by Gasteiger charge is 2.60. The van der Waals surface area contributed by atoms with Gasteiger partial charge in [0.2, 0.25) is 0 Å². The SMILES string of the molecule is CC(C)(C)[Si](OC1CC2(C1)CN(C1(C#N)CCOCC1)C2)(c1ccccc1)c1ccccc1. The van der Waals surface area contributed by atoms with Crippen LogP contribution in [-0.2, 0) is 9.16 Å². The molecular formula is C28H36N2O2Si. The first-order valence-electron chi connectivity index (χ1n) is 12.4. The van der Waals surface area contributed by atoms with Crippen LogP contribution in [0.1, 0.15) is 46.5 Å². The lowest BCUT2D eigenvalue weighted by atomic mass is 9.60. The Morgan fingerprint density at radius 3 is 1.91 bits per heavy atom. The standard InChI is InChI=1S/C28H36N2O2Si/c1-26(2,3)33(24-10-6-4-7-11-24,25-12-8-5-9-13-25)32-23-18-27(19-23)21-30(22-27)28(20-29)14-16-31-17-15-28/h4-13,23H,14-19,21-22H2,1-3H3. The van der Waals surface area contributed by atoms with Gasteiger partial charge in [0, 0.05) is 50.7 Å². The van der Waals surface area contributed by atoms with E-state index >= 15 is 0 Å². The highest BCUT2D eigenvalue weighted by Crippen LogP contribution is 2.54. The second kappa shape index (κ2) is 8.36. The van der Waals surface area contributed by atoms with Gasteiger partial charge in [-0.25, -0.2) is 0 Å². The fourth-order valence-electron chi connectivity index (χ4n) is 6.46. The third-order valence-electron chi connectivity index (χ3n) is 8.27. The Balaban J connectivity index is 1.36. The summed E-state index contributed by atoms with van der Waals surface area (Å²) >= 11 is 0. The van der Waals surface area contributed by atoms with Crippen LogP contribution in [0.15, 0.2) is 60.7 Å². The molecule has 3 fully saturated rings. The third-order valence-corrected chi connectivity index (χ3v) is 13.4. The molecule has 0 N–H and O–H groups in total. The minimum absolute atomic E-state index is 0.0110. The maximum atomic E-state index is 9.92. The van der Waals surface area contributed by atoms with Crippen molar-refractivity contribution in [2.24, 2.45) is 5.41 Å². The lowest BCUT2D eigenvalue weighted by Gasteiger charge is -2.64. The van der Waals surface area contributed by atoms with Gasteiger partial charge in [-0.1, -0.05) is 81.4 Å². The Labute approximate surface area is 199 Å². The Kier molecular flexibility index (Phi) is 5.77. The summed E-state index contributed by atoms with van der Waals surface area (Å²) < 4.78 is 12.8. The molecule has 2 saturated heterocycles. The summed E-state index contributed by atoms with van der Waals surface area (Å²) in [6.07, 6.45) is 4.16. The molecule has 2 aromatic rings. The van der Waals surface area contributed by atoms with Gasteiger partial charge in [0.1, 0.15) is 5.54 Å². The van der Waals surface area contributed by atoms with Crippen LogP contribution < -0.4 is 10.4 Å². The summed E-state index contributed by atoms with van der Waals surface area (Å²) in [5.41, 5.74) is 0.0195. The number of nitriles is 1. The van der Waals surface area contributed by atoms with Crippen LogP contribution in [0.2, 0.25) is 5.04 Å². The molecule has 2 aromatic carbocycles. The normalized spacial score (nSPS) is 22.8. The highest BCUT2D eigenvalue weighted by atomic mass is 28.4. The molecule has 174 valence electrons. The van der Waals surface area contributed by atoms with E-state index in [-0.39, 0.29) is 16.7 Å². The first-order chi connectivity index (χ1) is 15.8. The molecule has 1 saturated carbocycles. The smallest absolute Gasteiger partial charge is 0.261 e. The van der Waals surface area contributed by atoms with Gasteiger partial charge in [-0.3, -0.25) is 4.90 Å². The molecule has 2 aliphatic heterocycles. The Morgan fingerprint density at radius 2 is 1.45 bits per heavy atom. The fourth-order valence-corrected chi connectivity index (χ4v) is 11.1. The van der Waals surface area contributed by atoms with E-state index in [0.717, 1.165) is 38.8 Å². The van der Waals surface area contributed by atoms with Crippen molar-refractivity contribution in [2.75, 3.05) is 26.3 Å². The number of likely N-dealkylation sites (tertiary alicyclic amines) is 1. The van der Waals surface area contributed by atoms with Gasteiger partial charge < -0.3 is 9.16 Å². The zero-order valence-corrected chi connectivity index (χ0v) is 21.2. The predicted molar refractivity (Wildman–Crippen MR) is 134 cm³/mol. The van der Waals surface area contributed by atoms with Gasteiger partial charge in [0.15, 0.2) is 0 Å². The van der Waals surface area contributed by atoms with E-state index in [2.05, 4.69) is 92.4 Å². The maximum Gasteiger partial charge on any atom is 0.261 e. The number of benzene rings is 2. The quantitative estimate of drug-likeness (QED) is 0.630. The summed E-state index contributed by atoms with van der Waals surface area (Å²) in [4.78, 5) is 2.43. The molecule has 2 heterocycles. The molecule has 1 aliphatic carbocycles. The first-order valence-corrected chi connectivity index (χ1v) is 14.3. The van der Waals surface area contributed by atoms with Crippen LogP contribution in [0.3, 0.4) is 0 Å². The van der Waals surface area contributed by atoms with Crippen molar-refractivity contribution < 1.29 is 9.16 Å². The lowest BCUT2D eigenvalue weighted by Crippen LogP contribution is -2.73. The number of rotatable bonds is 5. The van der Waals surface area contributed by atoms with Crippen LogP contribution >= 0.6 is 0 Å². The molecule has 5 heteroatoms. The monoisotopic (exact) mass is 460 g/mol. The second-order valence-corrected chi connectivity index (χ2v) is 15.7. The van der Waals surface area contributed by atoms with Crippen molar-refractivity contribution in [2.45, 2.75) is 63.1 Å². The number of nitrogens with zero attached hydrogens (tertiary/aromatic N) is 2. The topological polar surface area (TPSA) is 45.5 Å². The van der Waals surface area contributed by atoms with Gasteiger partial charge in [-0.15, -0.1) is 0 Å². The van der Waals surface area contributed by atoms with Crippen molar-refractivity contribution >= 4 is 18.7 Å². The average Bonchev–Trinajstić information content (AvgIpc) is 2.78. The van der Waals surface area contributed by atoms with E-state index in [9.17, 15) is 5.26 Å². The second-order valence-electron chi connectivity index (χ2n) is 11.4. The van der Waals surface area contributed by atoms with Crippen LogP contribution in [0.4, 0.5) is 0 Å². The van der Waals surface area contributed by atoms with E-state index in [1.165, 1.54) is 10.4 Å². The van der Waals surface area contributed by atoms with E-state index in [4.69, 9.17) is 9.16 Å². The highest BCUT2D eigenvalue weighted by molar-refractivity contribution is 6.99. The average molecular weight is 461 g/mol.